The highest BCUT2D eigenvalue weighted by atomic mass is 79.9. The highest BCUT2D eigenvalue weighted by Gasteiger charge is 2.11. The summed E-state index contributed by atoms with van der Waals surface area (Å²) in [5.41, 5.74) is 2.20. The van der Waals surface area contributed by atoms with Gasteiger partial charge in [-0.05, 0) is 69.1 Å². The Morgan fingerprint density at radius 2 is 2.00 bits per heavy atom. The van der Waals surface area contributed by atoms with Crippen molar-refractivity contribution in [3.63, 3.8) is 0 Å². The molecule has 1 N–H and O–H groups in total. The summed E-state index contributed by atoms with van der Waals surface area (Å²) in [6.45, 7) is 0. The number of aromatic nitrogens is 2. The van der Waals surface area contributed by atoms with Crippen molar-refractivity contribution in [2.45, 2.75) is 12.5 Å². The molecule has 1 atom stereocenters. The fourth-order valence-corrected chi connectivity index (χ4v) is 2.40. The van der Waals surface area contributed by atoms with E-state index in [1.807, 2.05) is 31.6 Å². The molecule has 0 bridgehead atoms. The van der Waals surface area contributed by atoms with Crippen molar-refractivity contribution in [2.24, 2.45) is 0 Å². The van der Waals surface area contributed by atoms with Crippen LogP contribution in [0.2, 0.25) is 0 Å². The van der Waals surface area contributed by atoms with E-state index in [1.54, 1.807) is 6.20 Å². The van der Waals surface area contributed by atoms with E-state index in [0.29, 0.717) is 0 Å². The van der Waals surface area contributed by atoms with E-state index >= 15 is 0 Å². The van der Waals surface area contributed by atoms with Gasteiger partial charge in [0.1, 0.15) is 0 Å². The van der Waals surface area contributed by atoms with E-state index in [2.05, 4.69) is 53.2 Å². The zero-order chi connectivity index (χ0) is 13.0. The Labute approximate surface area is 123 Å². The topological polar surface area (TPSA) is 37.8 Å². The van der Waals surface area contributed by atoms with E-state index in [9.17, 15) is 0 Å². The smallest absolute Gasteiger partial charge is 0.0577 e. The average molecular weight is 371 g/mol. The van der Waals surface area contributed by atoms with Gasteiger partial charge in [-0.25, -0.2) is 0 Å². The Bertz CT molecular complexity index is 514. The Balaban J connectivity index is 2.17. The van der Waals surface area contributed by atoms with E-state index in [4.69, 9.17) is 0 Å². The van der Waals surface area contributed by atoms with Crippen LogP contribution in [0, 0.1) is 0 Å². The van der Waals surface area contributed by atoms with Gasteiger partial charge in [0.15, 0.2) is 0 Å². The van der Waals surface area contributed by atoms with Gasteiger partial charge >= 0.3 is 0 Å². The number of nitrogens with zero attached hydrogens (tertiary/aromatic N) is 2. The molecule has 0 aliphatic heterocycles. The van der Waals surface area contributed by atoms with Crippen LogP contribution in [0.15, 0.2) is 45.7 Å². The molecule has 3 nitrogen and oxygen atoms in total. The lowest BCUT2D eigenvalue weighted by Gasteiger charge is -2.15. The Hall–Kier alpha value is -0.780. The third-order valence-electron chi connectivity index (χ3n) is 2.66. The van der Waals surface area contributed by atoms with E-state index < -0.39 is 0 Å². The Morgan fingerprint density at radius 1 is 1.17 bits per heavy atom. The number of halogens is 2. The van der Waals surface area contributed by atoms with Crippen molar-refractivity contribution >= 4 is 31.9 Å². The number of rotatable bonds is 4. The summed E-state index contributed by atoms with van der Waals surface area (Å²) in [5, 5.41) is 3.28. The van der Waals surface area contributed by atoms with Crippen LogP contribution in [0.3, 0.4) is 0 Å². The lowest BCUT2D eigenvalue weighted by molar-refractivity contribution is 0.575. The summed E-state index contributed by atoms with van der Waals surface area (Å²) >= 11 is 6.83. The van der Waals surface area contributed by atoms with Gasteiger partial charge in [-0.1, -0.05) is 0 Å². The summed E-state index contributed by atoms with van der Waals surface area (Å²) in [5.74, 6) is 0. The Kier molecular flexibility index (Phi) is 4.86. The van der Waals surface area contributed by atoms with Crippen molar-refractivity contribution in [1.82, 2.24) is 15.3 Å². The van der Waals surface area contributed by atoms with Gasteiger partial charge in [-0.3, -0.25) is 9.97 Å². The molecule has 0 radical (unpaired) electrons. The molecule has 94 valence electrons. The number of pyridine rings is 2. The quantitative estimate of drug-likeness (QED) is 0.894. The minimum absolute atomic E-state index is 0.189. The van der Waals surface area contributed by atoms with Gasteiger partial charge < -0.3 is 5.32 Å². The van der Waals surface area contributed by atoms with Gasteiger partial charge in [0, 0.05) is 27.5 Å². The molecule has 0 amide bonds. The standard InChI is InChI=1S/C13H13Br2N3/c1-16-13(12-3-2-10(14)8-18-12)5-9-4-11(15)7-17-6-9/h2-4,6-8,13,16H,5H2,1H3. The molecule has 0 fully saturated rings. The summed E-state index contributed by atoms with van der Waals surface area (Å²) in [6, 6.07) is 6.30. The summed E-state index contributed by atoms with van der Waals surface area (Å²) in [4.78, 5) is 8.60. The molecule has 1 unspecified atom stereocenters. The minimum Gasteiger partial charge on any atom is -0.311 e. The summed E-state index contributed by atoms with van der Waals surface area (Å²) in [6.07, 6.45) is 6.35. The maximum atomic E-state index is 4.43. The lowest BCUT2D eigenvalue weighted by Crippen LogP contribution is -2.20. The molecule has 5 heteroatoms. The fraction of sp³-hybridized carbons (Fsp3) is 0.231. The predicted octanol–water partition coefficient (Wildman–Crippen LogP) is 3.50. The SMILES string of the molecule is CNC(Cc1cncc(Br)c1)c1ccc(Br)cn1. The molecule has 2 aromatic heterocycles. The number of nitrogens with one attached hydrogen (secondary N) is 1. The third-order valence-corrected chi connectivity index (χ3v) is 3.56. The first-order chi connectivity index (χ1) is 8.69. The molecule has 0 saturated carbocycles. The van der Waals surface area contributed by atoms with Crippen LogP contribution < -0.4 is 5.32 Å². The maximum Gasteiger partial charge on any atom is 0.0577 e. The monoisotopic (exact) mass is 369 g/mol. The highest BCUT2D eigenvalue weighted by Crippen LogP contribution is 2.19. The molecule has 0 saturated heterocycles. The highest BCUT2D eigenvalue weighted by molar-refractivity contribution is 9.10. The van der Waals surface area contributed by atoms with Crippen molar-refractivity contribution < 1.29 is 0 Å². The van der Waals surface area contributed by atoms with Crippen LogP contribution in [-0.2, 0) is 6.42 Å². The molecule has 18 heavy (non-hydrogen) atoms. The predicted molar refractivity (Wildman–Crippen MR) is 79.4 cm³/mol. The molecule has 0 aromatic carbocycles. The normalized spacial score (nSPS) is 12.4. The molecule has 2 rings (SSSR count). The maximum absolute atomic E-state index is 4.43. The average Bonchev–Trinajstić information content (AvgIpc) is 2.37. The molecule has 0 spiro atoms. The van der Waals surface area contributed by atoms with Gasteiger partial charge in [0.25, 0.3) is 0 Å². The summed E-state index contributed by atoms with van der Waals surface area (Å²) in [7, 11) is 1.94. The fourth-order valence-electron chi connectivity index (χ4n) is 1.75. The molecule has 2 aromatic rings. The van der Waals surface area contributed by atoms with E-state index in [1.165, 1.54) is 5.56 Å². The second-order valence-corrected chi connectivity index (χ2v) is 5.79. The first-order valence-electron chi connectivity index (χ1n) is 5.57. The minimum atomic E-state index is 0.189. The second kappa shape index (κ2) is 6.41. The number of likely N-dealkylation sites (N-methyl/N-ethyl adjacent to an activating group) is 1. The molecular formula is C13H13Br2N3. The van der Waals surface area contributed by atoms with Crippen LogP contribution in [0.25, 0.3) is 0 Å². The summed E-state index contributed by atoms with van der Waals surface area (Å²) < 4.78 is 1.99. The van der Waals surface area contributed by atoms with Crippen LogP contribution in [0.1, 0.15) is 17.3 Å². The number of hydrogen-bond acceptors (Lipinski definition) is 3. The van der Waals surface area contributed by atoms with Crippen LogP contribution >= 0.6 is 31.9 Å². The van der Waals surface area contributed by atoms with Gasteiger partial charge in [-0.2, -0.15) is 0 Å². The van der Waals surface area contributed by atoms with E-state index in [-0.39, 0.29) is 6.04 Å². The van der Waals surface area contributed by atoms with Crippen LogP contribution in [-0.4, -0.2) is 17.0 Å². The second-order valence-electron chi connectivity index (χ2n) is 3.96. The van der Waals surface area contributed by atoms with Crippen molar-refractivity contribution in [3.05, 3.63) is 57.0 Å². The Morgan fingerprint density at radius 3 is 2.61 bits per heavy atom. The molecule has 0 aliphatic rings. The van der Waals surface area contributed by atoms with Crippen molar-refractivity contribution in [3.8, 4) is 0 Å². The number of hydrogen-bond donors (Lipinski definition) is 1. The lowest BCUT2D eigenvalue weighted by atomic mass is 10.0. The molecule has 0 aliphatic carbocycles. The third kappa shape index (κ3) is 3.60. The van der Waals surface area contributed by atoms with Gasteiger partial charge in [0.05, 0.1) is 11.7 Å². The van der Waals surface area contributed by atoms with Crippen molar-refractivity contribution in [1.29, 1.82) is 0 Å². The molecule has 2 heterocycles. The van der Waals surface area contributed by atoms with Gasteiger partial charge in [0.2, 0.25) is 0 Å². The van der Waals surface area contributed by atoms with Crippen LogP contribution in [0.4, 0.5) is 0 Å². The van der Waals surface area contributed by atoms with Crippen molar-refractivity contribution in [2.75, 3.05) is 7.05 Å². The van der Waals surface area contributed by atoms with E-state index in [0.717, 1.165) is 21.1 Å². The zero-order valence-corrected chi connectivity index (χ0v) is 13.1. The molecular weight excluding hydrogens is 358 g/mol. The first-order valence-corrected chi connectivity index (χ1v) is 7.16. The zero-order valence-electron chi connectivity index (χ0n) is 9.90. The first kappa shape index (κ1) is 13.6. The largest absolute Gasteiger partial charge is 0.311 e. The van der Waals surface area contributed by atoms with Crippen LogP contribution in [0.5, 0.6) is 0 Å². The van der Waals surface area contributed by atoms with Gasteiger partial charge in [-0.15, -0.1) is 0 Å².